The lowest BCUT2D eigenvalue weighted by molar-refractivity contribution is -0.236. The topological polar surface area (TPSA) is 152 Å². The van der Waals surface area contributed by atoms with E-state index in [0.29, 0.717) is 5.01 Å². The van der Waals surface area contributed by atoms with E-state index >= 15 is 0 Å². The molecule has 0 spiro atoms. The Morgan fingerprint density at radius 2 is 2.21 bits per heavy atom. The van der Waals surface area contributed by atoms with Gasteiger partial charge in [0.05, 0.1) is 11.9 Å². The summed E-state index contributed by atoms with van der Waals surface area (Å²) in [5, 5.41) is 42.8. The highest BCUT2D eigenvalue weighted by molar-refractivity contribution is 5.75. The summed E-state index contributed by atoms with van der Waals surface area (Å²) < 4.78 is 4.93. The molecule has 1 heterocycles. The minimum absolute atomic E-state index is 0.376. The van der Waals surface area contributed by atoms with E-state index in [0.717, 1.165) is 14.0 Å². The van der Waals surface area contributed by atoms with E-state index in [9.17, 15) is 25.0 Å². The van der Waals surface area contributed by atoms with Crippen molar-refractivity contribution >= 4 is 6.03 Å². The van der Waals surface area contributed by atoms with Gasteiger partial charge in [0, 0.05) is 7.05 Å². The molecule has 0 saturated heterocycles. The molecule has 108 valence electrons. The molecule has 0 aromatic carbocycles. The summed E-state index contributed by atoms with van der Waals surface area (Å²) in [6.45, 7) is 0.431. The number of rotatable bonds is 3. The average molecular weight is 277 g/mol. The molecule has 0 aromatic rings. The van der Waals surface area contributed by atoms with Crippen LogP contribution in [0.3, 0.4) is 0 Å². The van der Waals surface area contributed by atoms with Crippen LogP contribution in [0.2, 0.25) is 0 Å². The van der Waals surface area contributed by atoms with E-state index in [1.807, 2.05) is 5.32 Å². The van der Waals surface area contributed by atoms with Crippen molar-refractivity contribution in [3.05, 3.63) is 16.4 Å². The SMILES string of the molecule is CN(N=O)C(=O)NC1=C(O)[C@@H](O)C(CO)O[C@]1(C)O. The second-order valence-corrected chi connectivity index (χ2v) is 4.06. The number of nitrogens with zero attached hydrogens (tertiary/aromatic N) is 2. The largest absolute Gasteiger partial charge is 0.507 e. The van der Waals surface area contributed by atoms with Crippen molar-refractivity contribution in [2.45, 2.75) is 24.9 Å². The van der Waals surface area contributed by atoms with Gasteiger partial charge in [0.25, 0.3) is 0 Å². The van der Waals surface area contributed by atoms with E-state index in [-0.39, 0.29) is 0 Å². The molecule has 10 heteroatoms. The number of carbonyl (C=O) groups is 1. The summed E-state index contributed by atoms with van der Waals surface area (Å²) in [4.78, 5) is 21.6. The first kappa shape index (κ1) is 15.3. The maximum atomic E-state index is 11.4. The molecule has 0 bridgehead atoms. The molecule has 3 atom stereocenters. The van der Waals surface area contributed by atoms with E-state index in [1.54, 1.807) is 0 Å². The first-order valence-corrected chi connectivity index (χ1v) is 5.25. The normalized spacial score (nSPS) is 31.0. The molecule has 19 heavy (non-hydrogen) atoms. The third kappa shape index (κ3) is 2.98. The molecule has 0 saturated carbocycles. The Bertz CT molecular complexity index is 409. The van der Waals surface area contributed by atoms with Gasteiger partial charge in [-0.1, -0.05) is 0 Å². The molecule has 0 aliphatic carbocycles. The van der Waals surface area contributed by atoms with Gasteiger partial charge in [-0.3, -0.25) is 0 Å². The van der Waals surface area contributed by atoms with Gasteiger partial charge in [-0.25, -0.2) is 4.79 Å². The van der Waals surface area contributed by atoms with Crippen molar-refractivity contribution in [1.29, 1.82) is 0 Å². The number of nitrogens with one attached hydrogen (secondary N) is 1. The van der Waals surface area contributed by atoms with Gasteiger partial charge in [0.2, 0.25) is 5.79 Å². The highest BCUT2D eigenvalue weighted by atomic mass is 16.6. The molecule has 1 unspecified atom stereocenters. The second-order valence-electron chi connectivity index (χ2n) is 4.06. The zero-order chi connectivity index (χ0) is 14.8. The molecular weight excluding hydrogens is 262 g/mol. The van der Waals surface area contributed by atoms with E-state index in [4.69, 9.17) is 9.84 Å². The van der Waals surface area contributed by atoms with Gasteiger partial charge in [-0.05, 0) is 6.92 Å². The van der Waals surface area contributed by atoms with Crippen molar-refractivity contribution in [3.8, 4) is 0 Å². The smallest absolute Gasteiger partial charge is 0.344 e. The molecule has 0 aromatic heterocycles. The summed E-state index contributed by atoms with van der Waals surface area (Å²) in [6, 6.07) is -1.05. The predicted octanol–water partition coefficient (Wildman–Crippen LogP) is -1.46. The number of ether oxygens (including phenoxy) is 1. The van der Waals surface area contributed by atoms with Gasteiger partial charge in [0.1, 0.15) is 23.7 Å². The van der Waals surface area contributed by atoms with Crippen LogP contribution in [0.5, 0.6) is 0 Å². The third-order valence-corrected chi connectivity index (χ3v) is 2.56. The van der Waals surface area contributed by atoms with Crippen molar-refractivity contribution in [2.24, 2.45) is 5.29 Å². The van der Waals surface area contributed by atoms with Gasteiger partial charge in [-0.15, -0.1) is 4.91 Å². The molecule has 10 nitrogen and oxygen atoms in total. The highest BCUT2D eigenvalue weighted by Gasteiger charge is 2.44. The zero-order valence-corrected chi connectivity index (χ0v) is 10.3. The van der Waals surface area contributed by atoms with Crippen molar-refractivity contribution < 1.29 is 30.0 Å². The highest BCUT2D eigenvalue weighted by Crippen LogP contribution is 2.29. The molecule has 2 amide bonds. The number of aliphatic hydroxyl groups is 4. The predicted molar refractivity (Wildman–Crippen MR) is 60.3 cm³/mol. The van der Waals surface area contributed by atoms with E-state index < -0.39 is 42.1 Å². The van der Waals surface area contributed by atoms with Crippen LogP contribution in [-0.4, -0.2) is 63.1 Å². The molecule has 1 aliphatic heterocycles. The Morgan fingerprint density at radius 1 is 1.63 bits per heavy atom. The van der Waals surface area contributed by atoms with Crippen LogP contribution < -0.4 is 5.32 Å². The minimum atomic E-state index is -2.16. The van der Waals surface area contributed by atoms with Crippen LogP contribution in [0.15, 0.2) is 16.7 Å². The second kappa shape index (κ2) is 5.48. The Kier molecular flexibility index (Phi) is 4.42. The van der Waals surface area contributed by atoms with Gasteiger partial charge in [-0.2, -0.15) is 5.01 Å². The van der Waals surface area contributed by atoms with Gasteiger partial charge >= 0.3 is 6.03 Å². The molecule has 0 fully saturated rings. The number of urea groups is 1. The van der Waals surface area contributed by atoms with Crippen molar-refractivity contribution in [1.82, 2.24) is 10.3 Å². The monoisotopic (exact) mass is 277 g/mol. The summed E-state index contributed by atoms with van der Waals surface area (Å²) in [5.41, 5.74) is -0.537. The minimum Gasteiger partial charge on any atom is -0.507 e. The Labute approximate surface area is 107 Å². The van der Waals surface area contributed by atoms with Crippen LogP contribution in [0.25, 0.3) is 0 Å². The Morgan fingerprint density at radius 3 is 2.68 bits per heavy atom. The standard InChI is InChI=1S/C9H15N3O7/c1-9(17)7(10-8(16)12(2)11-18)6(15)5(14)4(3-13)19-9/h4-5,13-15,17H,3H2,1-2H3,(H,10,16)/t4?,5-,9-/m0/s1. The first-order chi connectivity index (χ1) is 8.74. The molecule has 0 radical (unpaired) electrons. The molecule has 1 rings (SSSR count). The van der Waals surface area contributed by atoms with E-state index in [2.05, 4.69) is 5.29 Å². The zero-order valence-electron chi connectivity index (χ0n) is 10.3. The number of carbonyl (C=O) groups excluding carboxylic acids is 1. The van der Waals surface area contributed by atoms with Crippen LogP contribution >= 0.6 is 0 Å². The van der Waals surface area contributed by atoms with E-state index in [1.165, 1.54) is 0 Å². The molecule has 1 aliphatic rings. The van der Waals surface area contributed by atoms with Crippen molar-refractivity contribution in [2.75, 3.05) is 13.7 Å². The van der Waals surface area contributed by atoms with Gasteiger partial charge in [0.15, 0.2) is 0 Å². The Balaban J connectivity index is 3.05. The van der Waals surface area contributed by atoms with Crippen LogP contribution in [0, 0.1) is 4.91 Å². The van der Waals surface area contributed by atoms with Crippen LogP contribution in [0.1, 0.15) is 6.92 Å². The van der Waals surface area contributed by atoms with Crippen molar-refractivity contribution in [3.63, 3.8) is 0 Å². The summed E-state index contributed by atoms with van der Waals surface area (Å²) in [5.74, 6) is -2.93. The van der Waals surface area contributed by atoms with Gasteiger partial charge < -0.3 is 30.5 Å². The average Bonchev–Trinajstić information content (AvgIpc) is 2.37. The lowest BCUT2D eigenvalue weighted by Gasteiger charge is -2.38. The number of hydrogen-bond acceptors (Lipinski definition) is 8. The summed E-state index contributed by atoms with van der Waals surface area (Å²) in [6.07, 6.45) is -2.88. The van der Waals surface area contributed by atoms with Crippen LogP contribution in [0.4, 0.5) is 4.79 Å². The molecular formula is C9H15N3O7. The Hall–Kier alpha value is -1.75. The third-order valence-electron chi connectivity index (χ3n) is 2.56. The maximum Gasteiger partial charge on any atom is 0.344 e. The lowest BCUT2D eigenvalue weighted by Crippen LogP contribution is -2.54. The quantitative estimate of drug-likeness (QED) is 0.312. The fraction of sp³-hybridized carbons (Fsp3) is 0.667. The molecule has 5 N–H and O–H groups in total. The summed E-state index contributed by atoms with van der Waals surface area (Å²) in [7, 11) is 1.05. The number of aliphatic hydroxyl groups excluding tert-OH is 3. The number of amides is 2. The fourth-order valence-electron chi connectivity index (χ4n) is 1.52. The van der Waals surface area contributed by atoms with Crippen LogP contribution in [-0.2, 0) is 4.74 Å². The lowest BCUT2D eigenvalue weighted by atomic mass is 10.0. The first-order valence-electron chi connectivity index (χ1n) is 5.25. The maximum absolute atomic E-state index is 11.4. The number of hydrogen-bond donors (Lipinski definition) is 5. The summed E-state index contributed by atoms with van der Waals surface area (Å²) >= 11 is 0. The fourth-order valence-corrected chi connectivity index (χ4v) is 1.52. The number of nitroso groups, excluding NO2 is 1.